The molecule has 0 atom stereocenters. The Balaban J connectivity index is 1.12. The first-order chi connectivity index (χ1) is 25.8. The van der Waals surface area contributed by atoms with Crippen molar-refractivity contribution < 1.29 is 4.42 Å². The summed E-state index contributed by atoms with van der Waals surface area (Å²) in [7, 11) is -2.69. The van der Waals surface area contributed by atoms with Gasteiger partial charge in [-0.25, -0.2) is 9.97 Å². The van der Waals surface area contributed by atoms with Gasteiger partial charge < -0.3 is 4.42 Å². The molecule has 1 aliphatic carbocycles. The first-order valence-electron chi connectivity index (χ1n) is 17.9. The van der Waals surface area contributed by atoms with Crippen LogP contribution >= 0.6 is 0 Å². The van der Waals surface area contributed by atoms with Crippen molar-refractivity contribution in [1.29, 1.82) is 0 Å². The van der Waals surface area contributed by atoms with Gasteiger partial charge in [0, 0.05) is 22.5 Å². The lowest BCUT2D eigenvalue weighted by Crippen LogP contribution is -2.74. The molecule has 10 rings (SSSR count). The molecule has 4 heteroatoms. The summed E-state index contributed by atoms with van der Waals surface area (Å²) in [6, 6.07) is 63.7. The second kappa shape index (κ2) is 12.4. The van der Waals surface area contributed by atoms with Crippen LogP contribution in [0.2, 0.25) is 0 Å². The summed E-state index contributed by atoms with van der Waals surface area (Å²) in [5.74, 6) is 0.653. The molecule has 0 aliphatic heterocycles. The minimum atomic E-state index is -2.69. The summed E-state index contributed by atoms with van der Waals surface area (Å²) < 4.78 is 6.70. The molecule has 9 aromatic rings. The van der Waals surface area contributed by atoms with Crippen LogP contribution in [0, 0.1) is 0 Å². The van der Waals surface area contributed by atoms with Crippen LogP contribution < -0.4 is 20.7 Å². The number of aryl methyl sites for hydroxylation is 2. The Morgan fingerprint density at radius 1 is 0.462 bits per heavy atom. The fraction of sp³-hybridized carbons (Fsp3) is 0.0417. The van der Waals surface area contributed by atoms with Crippen LogP contribution in [0.3, 0.4) is 0 Å². The molecular formula is C48H34N2OSi. The van der Waals surface area contributed by atoms with Crippen LogP contribution in [0.15, 0.2) is 187 Å². The monoisotopic (exact) mass is 682 g/mol. The summed E-state index contributed by atoms with van der Waals surface area (Å²) in [5.41, 5.74) is 9.90. The van der Waals surface area contributed by atoms with Gasteiger partial charge in [-0.15, -0.1) is 0 Å². The maximum atomic E-state index is 6.70. The molecule has 0 unspecified atom stereocenters. The van der Waals surface area contributed by atoms with Crippen molar-refractivity contribution in [2.45, 2.75) is 12.8 Å². The lowest BCUT2D eigenvalue weighted by Gasteiger charge is -2.34. The van der Waals surface area contributed by atoms with E-state index in [9.17, 15) is 0 Å². The highest BCUT2D eigenvalue weighted by molar-refractivity contribution is 7.19. The van der Waals surface area contributed by atoms with Gasteiger partial charge in [0.25, 0.3) is 0 Å². The molecule has 7 aromatic carbocycles. The lowest BCUT2D eigenvalue weighted by atomic mass is 9.85. The predicted molar refractivity (Wildman–Crippen MR) is 217 cm³/mol. The van der Waals surface area contributed by atoms with Crippen LogP contribution in [0.1, 0.15) is 11.1 Å². The molecule has 0 spiro atoms. The molecule has 1 aliphatic rings. The van der Waals surface area contributed by atoms with Crippen LogP contribution in [-0.2, 0) is 12.8 Å². The van der Waals surface area contributed by atoms with Gasteiger partial charge in [-0.1, -0.05) is 152 Å². The van der Waals surface area contributed by atoms with E-state index in [1.165, 1.54) is 43.0 Å². The van der Waals surface area contributed by atoms with Crippen molar-refractivity contribution in [3.05, 3.63) is 193 Å². The summed E-state index contributed by atoms with van der Waals surface area (Å²) in [5, 5.41) is 7.56. The largest absolute Gasteiger partial charge is 0.455 e. The minimum absolute atomic E-state index is 0.653. The number of rotatable bonds is 6. The number of aromatic nitrogens is 2. The molecule has 246 valence electrons. The number of benzene rings is 7. The standard InChI is InChI=1S/C48H34N2OSi/c1-4-16-36(17-5-1)52(37-18-6-2-7-19-37,38-20-8-3-9-21-38)39-22-12-15-35(30-39)45-28-29-49-48(50-45)42-25-13-24-41-44-31-34-27-26-33-14-10-11-23-40(33)43(34)32-46(44)51-47(41)42/h1-25,28-32H,26-27H2. The molecule has 0 N–H and O–H groups in total. The number of hydrogen-bond donors (Lipinski definition) is 0. The summed E-state index contributed by atoms with van der Waals surface area (Å²) in [4.78, 5) is 10.0. The maximum absolute atomic E-state index is 6.70. The Morgan fingerprint density at radius 3 is 1.81 bits per heavy atom. The molecule has 2 aromatic heterocycles. The fourth-order valence-electron chi connectivity index (χ4n) is 8.42. The highest BCUT2D eigenvalue weighted by Crippen LogP contribution is 2.41. The van der Waals surface area contributed by atoms with Crippen molar-refractivity contribution in [1.82, 2.24) is 9.97 Å². The second-order valence-electron chi connectivity index (χ2n) is 13.6. The van der Waals surface area contributed by atoms with Crippen LogP contribution in [-0.4, -0.2) is 18.0 Å². The van der Waals surface area contributed by atoms with E-state index in [0.29, 0.717) is 5.82 Å². The van der Waals surface area contributed by atoms with Crippen molar-refractivity contribution in [3.8, 4) is 33.8 Å². The first kappa shape index (κ1) is 30.5. The third kappa shape index (κ3) is 4.87. The third-order valence-corrected chi connectivity index (χ3v) is 15.6. The van der Waals surface area contributed by atoms with E-state index in [4.69, 9.17) is 14.4 Å². The average Bonchev–Trinajstić information content (AvgIpc) is 3.59. The van der Waals surface area contributed by atoms with Gasteiger partial charge in [-0.2, -0.15) is 0 Å². The summed E-state index contributed by atoms with van der Waals surface area (Å²) in [6.45, 7) is 0. The minimum Gasteiger partial charge on any atom is -0.455 e. The van der Waals surface area contributed by atoms with E-state index in [1.807, 2.05) is 12.3 Å². The Hall–Kier alpha value is -6.36. The maximum Gasteiger partial charge on any atom is 0.179 e. The van der Waals surface area contributed by atoms with E-state index >= 15 is 0 Å². The number of furan rings is 1. The van der Waals surface area contributed by atoms with Gasteiger partial charge in [0.05, 0.1) is 11.3 Å². The van der Waals surface area contributed by atoms with Crippen molar-refractivity contribution in [3.63, 3.8) is 0 Å². The molecule has 2 heterocycles. The molecule has 0 radical (unpaired) electrons. The molecule has 3 nitrogen and oxygen atoms in total. The molecule has 0 fully saturated rings. The van der Waals surface area contributed by atoms with Crippen LogP contribution in [0.4, 0.5) is 0 Å². The Kier molecular flexibility index (Phi) is 7.29. The second-order valence-corrected chi connectivity index (χ2v) is 17.5. The number of nitrogens with zero attached hydrogens (tertiary/aromatic N) is 2. The smallest absolute Gasteiger partial charge is 0.179 e. The molecule has 0 amide bonds. The Labute approximate surface area is 303 Å². The number of para-hydroxylation sites is 1. The van der Waals surface area contributed by atoms with Gasteiger partial charge >= 0.3 is 0 Å². The average molecular weight is 683 g/mol. The van der Waals surface area contributed by atoms with E-state index in [1.54, 1.807) is 0 Å². The molecule has 52 heavy (non-hydrogen) atoms. The SMILES string of the molecule is c1ccc([Si](c2ccccc2)(c2ccccc2)c2cccc(-c3ccnc(-c4cccc5c4oc4cc6c(cc45)CCc4ccccc4-6)n3)c2)cc1. The van der Waals surface area contributed by atoms with Gasteiger partial charge in [0.1, 0.15) is 11.2 Å². The zero-order valence-electron chi connectivity index (χ0n) is 28.5. The topological polar surface area (TPSA) is 38.9 Å². The summed E-state index contributed by atoms with van der Waals surface area (Å²) in [6.07, 6.45) is 3.96. The number of hydrogen-bond acceptors (Lipinski definition) is 3. The van der Waals surface area contributed by atoms with Crippen molar-refractivity contribution >= 4 is 50.8 Å². The zero-order chi connectivity index (χ0) is 34.5. The Morgan fingerprint density at radius 2 is 1.08 bits per heavy atom. The predicted octanol–water partition coefficient (Wildman–Crippen LogP) is 8.85. The zero-order valence-corrected chi connectivity index (χ0v) is 29.5. The highest BCUT2D eigenvalue weighted by atomic mass is 28.3. The quantitative estimate of drug-likeness (QED) is 0.130. The Bertz CT molecular complexity index is 2640. The van der Waals surface area contributed by atoms with Crippen LogP contribution in [0.5, 0.6) is 0 Å². The highest BCUT2D eigenvalue weighted by Gasteiger charge is 2.41. The third-order valence-electron chi connectivity index (χ3n) is 10.8. The molecule has 0 saturated carbocycles. The van der Waals surface area contributed by atoms with E-state index in [-0.39, 0.29) is 0 Å². The summed E-state index contributed by atoms with van der Waals surface area (Å²) >= 11 is 0. The van der Waals surface area contributed by atoms with Gasteiger partial charge in [0.2, 0.25) is 0 Å². The normalized spacial score (nSPS) is 12.5. The van der Waals surface area contributed by atoms with E-state index in [0.717, 1.165) is 51.6 Å². The van der Waals surface area contributed by atoms with Gasteiger partial charge in [0.15, 0.2) is 13.9 Å². The van der Waals surface area contributed by atoms with E-state index in [2.05, 4.69) is 170 Å². The van der Waals surface area contributed by atoms with E-state index < -0.39 is 8.07 Å². The van der Waals surface area contributed by atoms with Crippen LogP contribution in [0.25, 0.3) is 55.7 Å². The molecule has 0 saturated heterocycles. The van der Waals surface area contributed by atoms with Crippen molar-refractivity contribution in [2.24, 2.45) is 0 Å². The van der Waals surface area contributed by atoms with Gasteiger partial charge in [-0.3, -0.25) is 0 Å². The van der Waals surface area contributed by atoms with Crippen molar-refractivity contribution in [2.75, 3.05) is 0 Å². The number of fused-ring (bicyclic) bond motifs is 6. The molecule has 0 bridgehead atoms. The first-order valence-corrected chi connectivity index (χ1v) is 19.9. The van der Waals surface area contributed by atoms with Gasteiger partial charge in [-0.05, 0) is 80.1 Å². The lowest BCUT2D eigenvalue weighted by molar-refractivity contribution is 0.669. The fourth-order valence-corrected chi connectivity index (χ4v) is 13.2. The molecular weight excluding hydrogens is 649 g/mol.